The maximum Gasteiger partial charge on any atom is 0.123 e. The zero-order valence-corrected chi connectivity index (χ0v) is 12.8. The van der Waals surface area contributed by atoms with Crippen LogP contribution in [0.1, 0.15) is 36.8 Å². The standard InChI is InChI=1S/C17H16ClFN2/c1-5-14-16(11(4)18)21-15(10(2)3)17(20-14)12-7-6-8-13(19)9-12/h5-10H,1,4H2,2-3H3. The normalized spacial score (nSPS) is 10.7. The molecule has 0 unspecified atom stereocenters. The van der Waals surface area contributed by atoms with Gasteiger partial charge < -0.3 is 0 Å². The van der Waals surface area contributed by atoms with Gasteiger partial charge in [0.15, 0.2) is 0 Å². The van der Waals surface area contributed by atoms with Gasteiger partial charge in [0, 0.05) is 5.56 Å². The number of hydrogen-bond donors (Lipinski definition) is 0. The molecule has 0 radical (unpaired) electrons. The zero-order valence-electron chi connectivity index (χ0n) is 12.0. The monoisotopic (exact) mass is 302 g/mol. The van der Waals surface area contributed by atoms with Crippen molar-refractivity contribution in [3.63, 3.8) is 0 Å². The number of hydrogen-bond acceptors (Lipinski definition) is 2. The number of rotatable bonds is 4. The van der Waals surface area contributed by atoms with Crippen LogP contribution in [0.15, 0.2) is 37.4 Å². The van der Waals surface area contributed by atoms with Gasteiger partial charge in [-0.15, -0.1) is 0 Å². The predicted octanol–water partition coefficient (Wildman–Crippen LogP) is 5.26. The van der Waals surface area contributed by atoms with Crippen LogP contribution in [0.4, 0.5) is 4.39 Å². The second kappa shape index (κ2) is 6.19. The minimum atomic E-state index is -0.310. The van der Waals surface area contributed by atoms with Crippen molar-refractivity contribution in [1.29, 1.82) is 0 Å². The van der Waals surface area contributed by atoms with Crippen LogP contribution in [0.3, 0.4) is 0 Å². The molecule has 0 aliphatic heterocycles. The summed E-state index contributed by atoms with van der Waals surface area (Å²) in [6.45, 7) is 11.4. The van der Waals surface area contributed by atoms with Crippen molar-refractivity contribution in [3.05, 3.63) is 60.3 Å². The summed E-state index contributed by atoms with van der Waals surface area (Å²) >= 11 is 5.98. The number of benzene rings is 1. The van der Waals surface area contributed by atoms with E-state index in [1.165, 1.54) is 12.1 Å². The van der Waals surface area contributed by atoms with Gasteiger partial charge in [0.1, 0.15) is 11.5 Å². The van der Waals surface area contributed by atoms with Crippen LogP contribution in [0.5, 0.6) is 0 Å². The predicted molar refractivity (Wildman–Crippen MR) is 86.5 cm³/mol. The van der Waals surface area contributed by atoms with Gasteiger partial charge in [0.2, 0.25) is 0 Å². The summed E-state index contributed by atoms with van der Waals surface area (Å²) in [5, 5.41) is 0.310. The molecule has 0 atom stereocenters. The van der Waals surface area contributed by atoms with E-state index in [-0.39, 0.29) is 11.7 Å². The molecule has 0 aliphatic rings. The molecular weight excluding hydrogens is 287 g/mol. The third kappa shape index (κ3) is 3.19. The smallest absolute Gasteiger partial charge is 0.123 e. The van der Waals surface area contributed by atoms with E-state index in [0.29, 0.717) is 27.7 Å². The van der Waals surface area contributed by atoms with E-state index in [0.717, 1.165) is 5.69 Å². The highest BCUT2D eigenvalue weighted by Gasteiger charge is 2.17. The molecule has 2 aromatic rings. The van der Waals surface area contributed by atoms with Gasteiger partial charge in [0.25, 0.3) is 0 Å². The fourth-order valence-corrected chi connectivity index (χ4v) is 2.19. The minimum absolute atomic E-state index is 0.115. The van der Waals surface area contributed by atoms with Crippen LogP contribution in [-0.4, -0.2) is 9.97 Å². The van der Waals surface area contributed by atoms with E-state index < -0.39 is 0 Å². The molecule has 0 fully saturated rings. The molecule has 1 aromatic carbocycles. The van der Waals surface area contributed by atoms with Gasteiger partial charge in [0.05, 0.1) is 22.1 Å². The number of halogens is 2. The lowest BCUT2D eigenvalue weighted by molar-refractivity contribution is 0.628. The molecule has 0 N–H and O–H groups in total. The topological polar surface area (TPSA) is 25.8 Å². The average molecular weight is 303 g/mol. The Hall–Kier alpha value is -2.00. The van der Waals surface area contributed by atoms with E-state index in [1.54, 1.807) is 18.2 Å². The fraction of sp³-hybridized carbons (Fsp3) is 0.176. The lowest BCUT2D eigenvalue weighted by Crippen LogP contribution is -2.05. The van der Waals surface area contributed by atoms with Gasteiger partial charge in [-0.25, -0.2) is 14.4 Å². The third-order valence-electron chi connectivity index (χ3n) is 3.04. The molecule has 0 amide bonds. The molecule has 0 saturated heterocycles. The zero-order chi connectivity index (χ0) is 15.6. The SMILES string of the molecule is C=Cc1nc(-c2cccc(F)c2)c(C(C)C)nc1C(=C)Cl. The third-order valence-corrected chi connectivity index (χ3v) is 3.22. The molecule has 0 spiro atoms. The Morgan fingerprint density at radius 1 is 1.33 bits per heavy atom. The first-order chi connectivity index (χ1) is 9.93. The summed E-state index contributed by atoms with van der Waals surface area (Å²) < 4.78 is 13.5. The van der Waals surface area contributed by atoms with Gasteiger partial charge in [-0.3, -0.25) is 0 Å². The van der Waals surface area contributed by atoms with Crippen molar-refractivity contribution < 1.29 is 4.39 Å². The molecule has 0 aliphatic carbocycles. The lowest BCUT2D eigenvalue weighted by Gasteiger charge is -2.15. The van der Waals surface area contributed by atoms with Crippen LogP contribution >= 0.6 is 11.6 Å². The Morgan fingerprint density at radius 2 is 2.05 bits per heavy atom. The van der Waals surface area contributed by atoms with E-state index in [9.17, 15) is 4.39 Å². The summed E-state index contributed by atoms with van der Waals surface area (Å²) in [4.78, 5) is 9.11. The summed E-state index contributed by atoms with van der Waals surface area (Å²) in [6.07, 6.45) is 1.57. The fourth-order valence-electron chi connectivity index (χ4n) is 2.05. The second-order valence-corrected chi connectivity index (χ2v) is 5.42. The van der Waals surface area contributed by atoms with Gasteiger partial charge in [-0.1, -0.05) is 50.7 Å². The van der Waals surface area contributed by atoms with Crippen LogP contribution in [0, 0.1) is 5.82 Å². The summed E-state index contributed by atoms with van der Waals surface area (Å²) in [7, 11) is 0. The van der Waals surface area contributed by atoms with E-state index in [4.69, 9.17) is 11.6 Å². The first kappa shape index (κ1) is 15.4. The largest absolute Gasteiger partial charge is 0.247 e. The van der Waals surface area contributed by atoms with Crippen LogP contribution in [0.25, 0.3) is 22.4 Å². The summed E-state index contributed by atoms with van der Waals surface area (Å²) in [5.74, 6) is -0.195. The van der Waals surface area contributed by atoms with Gasteiger partial charge in [-0.2, -0.15) is 0 Å². The Bertz CT molecular complexity index is 708. The van der Waals surface area contributed by atoms with E-state index >= 15 is 0 Å². The molecule has 4 heteroatoms. The molecule has 0 saturated carbocycles. The average Bonchev–Trinajstić information content (AvgIpc) is 2.45. The van der Waals surface area contributed by atoms with Crippen LogP contribution < -0.4 is 0 Å². The highest BCUT2D eigenvalue weighted by Crippen LogP contribution is 2.30. The highest BCUT2D eigenvalue weighted by molar-refractivity contribution is 6.48. The summed E-state index contributed by atoms with van der Waals surface area (Å²) in [5.41, 5.74) is 3.12. The Labute approximate surface area is 129 Å². The molecular formula is C17H16ClFN2. The Morgan fingerprint density at radius 3 is 2.57 bits per heavy atom. The molecule has 108 valence electrons. The van der Waals surface area contributed by atoms with Crippen molar-refractivity contribution in [3.8, 4) is 11.3 Å². The maximum absolute atomic E-state index is 13.5. The highest BCUT2D eigenvalue weighted by atomic mass is 35.5. The van der Waals surface area contributed by atoms with E-state index in [1.807, 2.05) is 13.8 Å². The molecule has 2 rings (SSSR count). The first-order valence-corrected chi connectivity index (χ1v) is 6.97. The van der Waals surface area contributed by atoms with E-state index in [2.05, 4.69) is 23.1 Å². The first-order valence-electron chi connectivity index (χ1n) is 6.59. The van der Waals surface area contributed by atoms with Crippen molar-refractivity contribution in [2.45, 2.75) is 19.8 Å². The molecule has 21 heavy (non-hydrogen) atoms. The molecule has 1 aromatic heterocycles. The molecule has 1 heterocycles. The molecule has 0 bridgehead atoms. The van der Waals surface area contributed by atoms with Crippen molar-refractivity contribution in [2.75, 3.05) is 0 Å². The minimum Gasteiger partial charge on any atom is -0.247 e. The summed E-state index contributed by atoms with van der Waals surface area (Å²) in [6, 6.07) is 6.30. The quantitative estimate of drug-likeness (QED) is 0.770. The van der Waals surface area contributed by atoms with Crippen molar-refractivity contribution in [1.82, 2.24) is 9.97 Å². The number of nitrogens with zero attached hydrogens (tertiary/aromatic N) is 2. The second-order valence-electron chi connectivity index (χ2n) is 4.97. The maximum atomic E-state index is 13.5. The van der Waals surface area contributed by atoms with Crippen molar-refractivity contribution in [2.24, 2.45) is 0 Å². The Balaban J connectivity index is 2.75. The van der Waals surface area contributed by atoms with Gasteiger partial charge >= 0.3 is 0 Å². The molecule has 2 nitrogen and oxygen atoms in total. The Kier molecular flexibility index (Phi) is 4.53. The van der Waals surface area contributed by atoms with Crippen LogP contribution in [-0.2, 0) is 0 Å². The van der Waals surface area contributed by atoms with Crippen molar-refractivity contribution >= 4 is 22.7 Å². The van der Waals surface area contributed by atoms with Gasteiger partial charge in [-0.05, 0) is 24.1 Å². The number of aromatic nitrogens is 2. The lowest BCUT2D eigenvalue weighted by atomic mass is 10.0. The van der Waals surface area contributed by atoms with Crippen LogP contribution in [0.2, 0.25) is 0 Å².